The molecular weight excluding hydrogens is 474 g/mol. The zero-order chi connectivity index (χ0) is 25.0. The molecule has 0 radical (unpaired) electrons. The van der Waals surface area contributed by atoms with Crippen molar-refractivity contribution >= 4 is 22.7 Å². The van der Waals surface area contributed by atoms with Gasteiger partial charge in [-0.1, -0.05) is 121 Å². The van der Waals surface area contributed by atoms with Gasteiger partial charge in [-0.2, -0.15) is 0 Å². The summed E-state index contributed by atoms with van der Waals surface area (Å²) in [6.45, 7) is 0. The van der Waals surface area contributed by atoms with Crippen LogP contribution in [0, 0.1) is 0 Å². The van der Waals surface area contributed by atoms with E-state index in [0.29, 0.717) is 17.5 Å². The van der Waals surface area contributed by atoms with Crippen LogP contribution in [0.25, 0.3) is 45.0 Å². The van der Waals surface area contributed by atoms with Gasteiger partial charge in [-0.15, -0.1) is 11.6 Å². The number of alkyl halides is 1. The van der Waals surface area contributed by atoms with E-state index in [1.807, 2.05) is 72.8 Å². The lowest BCUT2D eigenvalue weighted by Gasteiger charge is -2.18. The van der Waals surface area contributed by atoms with E-state index in [-0.39, 0.29) is 5.38 Å². The topological polar surface area (TPSA) is 38.7 Å². The quantitative estimate of drug-likeness (QED) is 0.229. The third-order valence-corrected chi connectivity index (χ3v) is 6.71. The van der Waals surface area contributed by atoms with Gasteiger partial charge in [0.2, 0.25) is 0 Å². The number of hydrogen-bond acceptors (Lipinski definition) is 3. The number of hydrogen-bond donors (Lipinski definition) is 0. The first-order valence-electron chi connectivity index (χ1n) is 12.3. The lowest BCUT2D eigenvalue weighted by molar-refractivity contribution is 1.02. The van der Waals surface area contributed by atoms with E-state index in [4.69, 9.17) is 26.6 Å². The Kier molecular flexibility index (Phi) is 6.45. The van der Waals surface area contributed by atoms with Crippen molar-refractivity contribution in [3.05, 3.63) is 139 Å². The van der Waals surface area contributed by atoms with E-state index in [1.165, 1.54) is 16.7 Å². The van der Waals surface area contributed by atoms with Crippen molar-refractivity contribution in [1.82, 2.24) is 15.0 Å². The van der Waals surface area contributed by atoms with Gasteiger partial charge in [-0.25, -0.2) is 15.0 Å². The first kappa shape index (κ1) is 23.1. The lowest BCUT2D eigenvalue weighted by Crippen LogP contribution is -2.08. The van der Waals surface area contributed by atoms with Gasteiger partial charge in [0.25, 0.3) is 0 Å². The highest BCUT2D eigenvalue weighted by Gasteiger charge is 2.19. The Morgan fingerprint density at radius 3 is 1.46 bits per heavy atom. The monoisotopic (exact) mass is 497 g/mol. The number of nitrogens with zero attached hydrogens (tertiary/aromatic N) is 3. The summed E-state index contributed by atoms with van der Waals surface area (Å²) in [6, 6.07) is 39.1. The highest BCUT2D eigenvalue weighted by Crippen LogP contribution is 2.34. The van der Waals surface area contributed by atoms with Crippen LogP contribution >= 0.6 is 11.6 Å². The molecule has 37 heavy (non-hydrogen) atoms. The van der Waals surface area contributed by atoms with E-state index >= 15 is 0 Å². The van der Waals surface area contributed by atoms with E-state index in [2.05, 4.69) is 54.6 Å². The van der Waals surface area contributed by atoms with Gasteiger partial charge in [0.1, 0.15) is 0 Å². The molecule has 3 nitrogen and oxygen atoms in total. The zero-order valence-electron chi connectivity index (χ0n) is 20.1. The third-order valence-electron chi connectivity index (χ3n) is 6.43. The molecule has 5 aromatic rings. The third kappa shape index (κ3) is 5.13. The predicted molar refractivity (Wildman–Crippen MR) is 153 cm³/mol. The Labute approximate surface area is 221 Å². The standard InChI is InChI=1S/C33H24ClN3/c34-30-21-28(25-18-16-24(17-19-25)23-10-4-1-5-11-23)20-29(22-30)33-36-31(26-12-6-2-7-13-26)35-32(37-33)27-14-8-3-9-15-27/h1-20,22,30H,21H2. The summed E-state index contributed by atoms with van der Waals surface area (Å²) in [7, 11) is 0. The molecule has 4 heteroatoms. The maximum Gasteiger partial charge on any atom is 0.164 e. The summed E-state index contributed by atoms with van der Waals surface area (Å²) in [5.74, 6) is 1.91. The van der Waals surface area contributed by atoms with E-state index < -0.39 is 0 Å². The molecule has 0 saturated heterocycles. The van der Waals surface area contributed by atoms with Crippen LogP contribution in [0.5, 0.6) is 0 Å². The molecule has 178 valence electrons. The fourth-order valence-electron chi connectivity index (χ4n) is 4.54. The lowest BCUT2D eigenvalue weighted by atomic mass is 9.92. The van der Waals surface area contributed by atoms with Crippen LogP contribution in [0.2, 0.25) is 0 Å². The van der Waals surface area contributed by atoms with Crippen molar-refractivity contribution in [2.75, 3.05) is 0 Å². The summed E-state index contributed by atoms with van der Waals surface area (Å²) in [6.07, 6.45) is 4.95. The molecule has 6 rings (SSSR count). The van der Waals surface area contributed by atoms with Gasteiger partial charge in [0.15, 0.2) is 17.5 Å². The van der Waals surface area contributed by atoms with E-state index in [9.17, 15) is 0 Å². The maximum absolute atomic E-state index is 6.76. The minimum atomic E-state index is -0.152. The molecule has 0 amide bonds. The van der Waals surface area contributed by atoms with Gasteiger partial charge in [-0.3, -0.25) is 0 Å². The maximum atomic E-state index is 6.76. The molecule has 1 aromatic heterocycles. The van der Waals surface area contributed by atoms with Gasteiger partial charge in [0, 0.05) is 16.7 Å². The van der Waals surface area contributed by atoms with Crippen LogP contribution < -0.4 is 0 Å². The number of aromatic nitrogens is 3. The predicted octanol–water partition coefficient (Wildman–Crippen LogP) is 8.35. The second kappa shape index (κ2) is 10.3. The normalized spacial score (nSPS) is 15.1. The van der Waals surface area contributed by atoms with Crippen LogP contribution in [0.1, 0.15) is 17.8 Å². The smallest absolute Gasteiger partial charge is 0.164 e. The fraction of sp³-hybridized carbons (Fsp3) is 0.0606. The largest absolute Gasteiger partial charge is 0.208 e. The first-order valence-corrected chi connectivity index (χ1v) is 12.8. The molecule has 0 bridgehead atoms. The van der Waals surface area contributed by atoms with Crippen molar-refractivity contribution in [2.45, 2.75) is 11.8 Å². The first-order chi connectivity index (χ1) is 18.2. The molecule has 1 atom stereocenters. The Bertz CT molecular complexity index is 1520. The molecule has 4 aromatic carbocycles. The van der Waals surface area contributed by atoms with Crippen molar-refractivity contribution < 1.29 is 0 Å². The molecule has 1 heterocycles. The van der Waals surface area contributed by atoms with Crippen LogP contribution in [0.4, 0.5) is 0 Å². The van der Waals surface area contributed by atoms with Crippen molar-refractivity contribution in [2.24, 2.45) is 0 Å². The summed E-state index contributed by atoms with van der Waals surface area (Å²) < 4.78 is 0. The molecule has 0 fully saturated rings. The van der Waals surface area contributed by atoms with Crippen molar-refractivity contribution in [3.8, 4) is 33.9 Å². The Morgan fingerprint density at radius 2 is 0.919 bits per heavy atom. The average molecular weight is 498 g/mol. The SMILES string of the molecule is ClC1C=C(c2nc(-c3ccccc3)nc(-c3ccccc3)n2)C=C(c2ccc(-c3ccccc3)cc2)C1. The van der Waals surface area contributed by atoms with Gasteiger partial charge in [-0.05, 0) is 34.8 Å². The Balaban J connectivity index is 1.40. The number of benzene rings is 4. The highest BCUT2D eigenvalue weighted by molar-refractivity contribution is 6.23. The molecule has 1 aliphatic rings. The molecule has 1 aliphatic carbocycles. The zero-order valence-corrected chi connectivity index (χ0v) is 20.9. The number of rotatable bonds is 5. The molecule has 0 saturated carbocycles. The Hall–Kier alpha value is -4.34. The molecule has 0 N–H and O–H groups in total. The minimum absolute atomic E-state index is 0.152. The molecule has 0 spiro atoms. The van der Waals surface area contributed by atoms with Crippen molar-refractivity contribution in [1.29, 1.82) is 0 Å². The van der Waals surface area contributed by atoms with Gasteiger partial charge >= 0.3 is 0 Å². The Morgan fingerprint density at radius 1 is 0.486 bits per heavy atom. The number of allylic oxidation sites excluding steroid dienone is 4. The van der Waals surface area contributed by atoms with Crippen LogP contribution in [0.3, 0.4) is 0 Å². The van der Waals surface area contributed by atoms with Crippen LogP contribution in [-0.2, 0) is 0 Å². The minimum Gasteiger partial charge on any atom is -0.208 e. The van der Waals surface area contributed by atoms with E-state index in [1.54, 1.807) is 0 Å². The summed E-state index contributed by atoms with van der Waals surface area (Å²) >= 11 is 6.76. The van der Waals surface area contributed by atoms with Crippen LogP contribution in [-0.4, -0.2) is 20.3 Å². The van der Waals surface area contributed by atoms with E-state index in [0.717, 1.165) is 28.7 Å². The second-order valence-electron chi connectivity index (χ2n) is 8.99. The molecular formula is C33H24ClN3. The highest BCUT2D eigenvalue weighted by atomic mass is 35.5. The second-order valence-corrected chi connectivity index (χ2v) is 9.55. The van der Waals surface area contributed by atoms with Gasteiger partial charge < -0.3 is 0 Å². The van der Waals surface area contributed by atoms with Crippen molar-refractivity contribution in [3.63, 3.8) is 0 Å². The van der Waals surface area contributed by atoms with Crippen LogP contribution in [0.15, 0.2) is 127 Å². The molecule has 1 unspecified atom stereocenters. The fourth-order valence-corrected chi connectivity index (χ4v) is 4.85. The number of halogens is 1. The summed E-state index contributed by atoms with van der Waals surface area (Å²) in [5, 5.41) is -0.152. The summed E-state index contributed by atoms with van der Waals surface area (Å²) in [5.41, 5.74) is 7.51. The molecule has 0 aliphatic heterocycles. The van der Waals surface area contributed by atoms with Gasteiger partial charge in [0.05, 0.1) is 5.38 Å². The average Bonchev–Trinajstić information content (AvgIpc) is 2.98. The summed E-state index contributed by atoms with van der Waals surface area (Å²) in [4.78, 5) is 14.6.